The standard InChI is InChI=1S/C10H9BrF4O3/c11-4-8(16)9(17)6-2-1-5(3-7(6)12)18-10(13,14)15/h1-3,8-9,16-17H,4H2. The van der Waals surface area contributed by atoms with E-state index in [1.807, 2.05) is 0 Å². The second kappa shape index (κ2) is 5.85. The Kier molecular flexibility index (Phi) is 4.94. The van der Waals surface area contributed by atoms with Crippen LogP contribution in [0.2, 0.25) is 0 Å². The molecule has 0 spiro atoms. The summed E-state index contributed by atoms with van der Waals surface area (Å²) in [7, 11) is 0. The average Bonchev–Trinajstić information content (AvgIpc) is 2.25. The first-order chi connectivity index (χ1) is 8.24. The molecule has 0 aliphatic rings. The number of aliphatic hydroxyl groups is 2. The summed E-state index contributed by atoms with van der Waals surface area (Å²) >= 11 is 2.89. The first kappa shape index (κ1) is 15.2. The van der Waals surface area contributed by atoms with Gasteiger partial charge >= 0.3 is 6.36 Å². The third-order valence-corrected chi connectivity index (χ3v) is 2.71. The summed E-state index contributed by atoms with van der Waals surface area (Å²) in [5.74, 6) is -1.83. The maximum atomic E-state index is 13.4. The lowest BCUT2D eigenvalue weighted by Gasteiger charge is -2.17. The normalized spacial score (nSPS) is 15.3. The summed E-state index contributed by atoms with van der Waals surface area (Å²) in [6.07, 6.45) is -7.72. The van der Waals surface area contributed by atoms with E-state index in [0.717, 1.165) is 12.1 Å². The van der Waals surface area contributed by atoms with Crippen LogP contribution in [0.25, 0.3) is 0 Å². The number of benzene rings is 1. The molecule has 8 heteroatoms. The number of alkyl halides is 4. The van der Waals surface area contributed by atoms with E-state index in [0.29, 0.717) is 6.07 Å². The number of hydrogen-bond donors (Lipinski definition) is 2. The third-order valence-electron chi connectivity index (χ3n) is 2.05. The van der Waals surface area contributed by atoms with Crippen molar-refractivity contribution in [3.63, 3.8) is 0 Å². The van der Waals surface area contributed by atoms with Crippen molar-refractivity contribution in [2.45, 2.75) is 18.6 Å². The van der Waals surface area contributed by atoms with Crippen LogP contribution < -0.4 is 4.74 Å². The maximum Gasteiger partial charge on any atom is 0.573 e. The van der Waals surface area contributed by atoms with Crippen molar-refractivity contribution in [1.29, 1.82) is 0 Å². The zero-order valence-electron chi connectivity index (χ0n) is 8.79. The average molecular weight is 333 g/mol. The van der Waals surface area contributed by atoms with Gasteiger partial charge in [-0.1, -0.05) is 15.9 Å². The second-order valence-corrected chi connectivity index (χ2v) is 4.05. The fraction of sp³-hybridized carbons (Fsp3) is 0.400. The van der Waals surface area contributed by atoms with E-state index < -0.39 is 30.1 Å². The van der Waals surface area contributed by atoms with Crippen molar-refractivity contribution >= 4 is 15.9 Å². The predicted octanol–water partition coefficient (Wildman–Crippen LogP) is 2.51. The molecule has 0 bridgehead atoms. The number of rotatable bonds is 4. The van der Waals surface area contributed by atoms with Crippen LogP contribution in [-0.4, -0.2) is 28.0 Å². The van der Waals surface area contributed by atoms with Gasteiger partial charge in [0.05, 0.1) is 6.10 Å². The minimum absolute atomic E-state index is 0.00555. The zero-order chi connectivity index (χ0) is 13.9. The van der Waals surface area contributed by atoms with E-state index >= 15 is 0 Å². The molecule has 3 nitrogen and oxygen atoms in total. The highest BCUT2D eigenvalue weighted by Gasteiger charge is 2.31. The van der Waals surface area contributed by atoms with Gasteiger partial charge in [0.15, 0.2) is 0 Å². The van der Waals surface area contributed by atoms with Gasteiger partial charge in [-0.3, -0.25) is 0 Å². The van der Waals surface area contributed by atoms with Crippen molar-refractivity contribution in [3.05, 3.63) is 29.6 Å². The first-order valence-corrected chi connectivity index (χ1v) is 5.84. The van der Waals surface area contributed by atoms with E-state index in [4.69, 9.17) is 0 Å². The summed E-state index contributed by atoms with van der Waals surface area (Å²) in [5.41, 5.74) is -0.309. The van der Waals surface area contributed by atoms with Gasteiger partial charge in [-0.2, -0.15) is 0 Å². The maximum absolute atomic E-state index is 13.4. The van der Waals surface area contributed by atoms with Gasteiger partial charge in [-0.05, 0) is 12.1 Å². The van der Waals surface area contributed by atoms with Crippen LogP contribution in [0.1, 0.15) is 11.7 Å². The minimum Gasteiger partial charge on any atom is -0.406 e. The summed E-state index contributed by atoms with van der Waals surface area (Å²) in [6, 6.07) is 2.27. The lowest BCUT2D eigenvalue weighted by atomic mass is 10.0. The van der Waals surface area contributed by atoms with Crippen molar-refractivity contribution in [1.82, 2.24) is 0 Å². The van der Waals surface area contributed by atoms with Crippen molar-refractivity contribution in [2.75, 3.05) is 5.33 Å². The Balaban J connectivity index is 2.92. The van der Waals surface area contributed by atoms with Gasteiger partial charge in [0.1, 0.15) is 17.7 Å². The van der Waals surface area contributed by atoms with Crippen LogP contribution in [0.4, 0.5) is 17.6 Å². The van der Waals surface area contributed by atoms with Gasteiger partial charge in [-0.15, -0.1) is 13.2 Å². The molecule has 0 aliphatic carbocycles. The van der Waals surface area contributed by atoms with Gasteiger partial charge < -0.3 is 14.9 Å². The number of ether oxygens (including phenoxy) is 1. The number of halogens is 5. The van der Waals surface area contributed by atoms with Crippen LogP contribution in [0, 0.1) is 5.82 Å². The molecule has 0 saturated heterocycles. The summed E-state index contributed by atoms with van der Waals surface area (Å²) < 4.78 is 52.6. The van der Waals surface area contributed by atoms with Gasteiger partial charge in [0.2, 0.25) is 0 Å². The second-order valence-electron chi connectivity index (χ2n) is 3.40. The minimum atomic E-state index is -4.91. The molecule has 2 unspecified atom stereocenters. The van der Waals surface area contributed by atoms with Gasteiger partial charge in [0, 0.05) is 17.0 Å². The highest BCUT2D eigenvalue weighted by molar-refractivity contribution is 9.09. The Morgan fingerprint density at radius 2 is 1.89 bits per heavy atom. The molecule has 1 aromatic rings. The molecule has 0 aromatic heterocycles. The molecule has 0 amide bonds. The van der Waals surface area contributed by atoms with E-state index in [2.05, 4.69) is 20.7 Å². The SMILES string of the molecule is OC(CBr)C(O)c1ccc(OC(F)(F)F)cc1F. The smallest absolute Gasteiger partial charge is 0.406 e. The molecule has 0 saturated carbocycles. The molecule has 1 rings (SSSR count). The van der Waals surface area contributed by atoms with Crippen molar-refractivity contribution < 1.29 is 32.5 Å². The molecule has 0 heterocycles. The van der Waals surface area contributed by atoms with Crippen LogP contribution >= 0.6 is 15.9 Å². The lowest BCUT2D eigenvalue weighted by Crippen LogP contribution is -2.21. The van der Waals surface area contributed by atoms with Crippen LogP contribution in [0.5, 0.6) is 5.75 Å². The Morgan fingerprint density at radius 3 is 2.33 bits per heavy atom. The van der Waals surface area contributed by atoms with Crippen molar-refractivity contribution in [3.8, 4) is 5.75 Å². The molecule has 0 radical (unpaired) electrons. The molecular weight excluding hydrogens is 324 g/mol. The monoisotopic (exact) mass is 332 g/mol. The lowest BCUT2D eigenvalue weighted by molar-refractivity contribution is -0.274. The Hall–Kier alpha value is -0.860. The highest BCUT2D eigenvalue weighted by Crippen LogP contribution is 2.28. The highest BCUT2D eigenvalue weighted by atomic mass is 79.9. The molecule has 0 fully saturated rings. The Morgan fingerprint density at radius 1 is 1.28 bits per heavy atom. The fourth-order valence-corrected chi connectivity index (χ4v) is 1.59. The quantitative estimate of drug-likeness (QED) is 0.658. The van der Waals surface area contributed by atoms with Crippen LogP contribution in [0.15, 0.2) is 18.2 Å². The predicted molar refractivity (Wildman–Crippen MR) is 57.8 cm³/mol. The third kappa shape index (κ3) is 4.11. The first-order valence-electron chi connectivity index (χ1n) is 4.72. The molecule has 1 aromatic carbocycles. The van der Waals surface area contributed by atoms with Gasteiger partial charge in [0.25, 0.3) is 0 Å². The Labute approximate surface area is 108 Å². The van der Waals surface area contributed by atoms with Crippen LogP contribution in [0.3, 0.4) is 0 Å². The topological polar surface area (TPSA) is 49.7 Å². The molecule has 2 N–H and O–H groups in total. The summed E-state index contributed by atoms with van der Waals surface area (Å²) in [5, 5.41) is 18.8. The largest absolute Gasteiger partial charge is 0.573 e. The van der Waals surface area contributed by atoms with Gasteiger partial charge in [-0.25, -0.2) is 4.39 Å². The molecule has 0 aliphatic heterocycles. The fourth-order valence-electron chi connectivity index (χ4n) is 1.24. The van der Waals surface area contributed by atoms with E-state index in [1.165, 1.54) is 0 Å². The Bertz CT molecular complexity index is 411. The molecular formula is C10H9BrF4O3. The summed E-state index contributed by atoms with van der Waals surface area (Å²) in [4.78, 5) is 0. The zero-order valence-corrected chi connectivity index (χ0v) is 10.4. The van der Waals surface area contributed by atoms with E-state index in [1.54, 1.807) is 0 Å². The number of hydrogen-bond acceptors (Lipinski definition) is 3. The van der Waals surface area contributed by atoms with Crippen molar-refractivity contribution in [2.24, 2.45) is 0 Å². The number of aliphatic hydroxyl groups excluding tert-OH is 2. The summed E-state index contributed by atoms with van der Waals surface area (Å²) in [6.45, 7) is 0. The van der Waals surface area contributed by atoms with E-state index in [-0.39, 0.29) is 10.9 Å². The molecule has 102 valence electrons. The molecule has 2 atom stereocenters. The molecule has 18 heavy (non-hydrogen) atoms. The van der Waals surface area contributed by atoms with Crippen LogP contribution in [-0.2, 0) is 0 Å². The van der Waals surface area contributed by atoms with E-state index in [9.17, 15) is 27.8 Å².